The lowest BCUT2D eigenvalue weighted by atomic mass is 9.90. The monoisotopic (exact) mass is 380 g/mol. The first-order valence-corrected chi connectivity index (χ1v) is 10.4. The number of nitrogens with one attached hydrogen (secondary N) is 1. The number of anilines is 1. The number of rotatable bonds is 3. The SMILES string of the molecule is Cc1ccn(C2CCC(O)CC2)c(=O)c1C(=O)Nc1cccc2c1CCCC2. The van der Waals surface area contributed by atoms with Crippen LogP contribution in [0.4, 0.5) is 5.69 Å². The average molecular weight is 380 g/mol. The van der Waals surface area contributed by atoms with E-state index in [1.807, 2.05) is 25.1 Å². The maximum atomic E-state index is 13.1. The van der Waals surface area contributed by atoms with Crippen LogP contribution in [0.15, 0.2) is 35.3 Å². The van der Waals surface area contributed by atoms with Crippen LogP contribution in [0.3, 0.4) is 0 Å². The minimum atomic E-state index is -0.327. The van der Waals surface area contributed by atoms with Crippen molar-refractivity contribution >= 4 is 11.6 Å². The van der Waals surface area contributed by atoms with Crippen LogP contribution in [0.1, 0.15) is 71.6 Å². The van der Waals surface area contributed by atoms with Crippen molar-refractivity contribution in [2.24, 2.45) is 0 Å². The fraction of sp³-hybridized carbons (Fsp3) is 0.478. The number of carbonyl (C=O) groups excluding carboxylic acids is 1. The van der Waals surface area contributed by atoms with Gasteiger partial charge in [-0.25, -0.2) is 0 Å². The van der Waals surface area contributed by atoms with Crippen LogP contribution in [0.2, 0.25) is 0 Å². The summed E-state index contributed by atoms with van der Waals surface area (Å²) < 4.78 is 1.69. The topological polar surface area (TPSA) is 71.3 Å². The first-order chi connectivity index (χ1) is 13.5. The number of hydrogen-bond acceptors (Lipinski definition) is 3. The number of aromatic nitrogens is 1. The van der Waals surface area contributed by atoms with Gasteiger partial charge in [0.05, 0.1) is 6.10 Å². The van der Waals surface area contributed by atoms with E-state index in [9.17, 15) is 14.7 Å². The number of fused-ring (bicyclic) bond motifs is 1. The molecule has 0 unspecified atom stereocenters. The van der Waals surface area contributed by atoms with Gasteiger partial charge in [-0.3, -0.25) is 9.59 Å². The Morgan fingerprint density at radius 1 is 1.11 bits per heavy atom. The Kier molecular flexibility index (Phi) is 5.36. The Morgan fingerprint density at radius 3 is 2.64 bits per heavy atom. The van der Waals surface area contributed by atoms with Crippen molar-refractivity contribution in [3.05, 3.63) is 63.1 Å². The van der Waals surface area contributed by atoms with Gasteiger partial charge in [0, 0.05) is 17.9 Å². The van der Waals surface area contributed by atoms with Gasteiger partial charge in [0.2, 0.25) is 0 Å². The van der Waals surface area contributed by atoms with Crippen LogP contribution >= 0.6 is 0 Å². The smallest absolute Gasteiger partial charge is 0.263 e. The van der Waals surface area contributed by atoms with Crippen LogP contribution in [0.25, 0.3) is 0 Å². The van der Waals surface area contributed by atoms with Crippen molar-refractivity contribution in [3.63, 3.8) is 0 Å². The van der Waals surface area contributed by atoms with Crippen LogP contribution < -0.4 is 10.9 Å². The molecular formula is C23H28N2O3. The van der Waals surface area contributed by atoms with Crippen molar-refractivity contribution in [2.75, 3.05) is 5.32 Å². The van der Waals surface area contributed by atoms with Crippen molar-refractivity contribution in [3.8, 4) is 0 Å². The zero-order valence-electron chi connectivity index (χ0n) is 16.4. The molecule has 1 heterocycles. The van der Waals surface area contributed by atoms with Crippen LogP contribution in [-0.4, -0.2) is 21.7 Å². The van der Waals surface area contributed by atoms with Crippen molar-refractivity contribution in [1.82, 2.24) is 4.57 Å². The number of amides is 1. The first kappa shape index (κ1) is 18.9. The van der Waals surface area contributed by atoms with Gasteiger partial charge in [0.15, 0.2) is 0 Å². The lowest BCUT2D eigenvalue weighted by Gasteiger charge is -2.27. The second-order valence-corrected chi connectivity index (χ2v) is 8.15. The molecule has 0 spiro atoms. The third kappa shape index (κ3) is 3.63. The molecule has 1 fully saturated rings. The summed E-state index contributed by atoms with van der Waals surface area (Å²) in [6.45, 7) is 1.81. The summed E-state index contributed by atoms with van der Waals surface area (Å²) in [4.78, 5) is 26.2. The predicted octanol–water partition coefficient (Wildman–Crippen LogP) is 3.76. The predicted molar refractivity (Wildman–Crippen MR) is 110 cm³/mol. The Balaban J connectivity index is 1.63. The summed E-state index contributed by atoms with van der Waals surface area (Å²) in [6, 6.07) is 7.93. The molecule has 2 aliphatic carbocycles. The number of aliphatic hydroxyl groups is 1. The third-order valence-electron chi connectivity index (χ3n) is 6.26. The van der Waals surface area contributed by atoms with Crippen molar-refractivity contribution in [1.29, 1.82) is 0 Å². The molecule has 2 N–H and O–H groups in total. The zero-order valence-corrected chi connectivity index (χ0v) is 16.4. The Hall–Kier alpha value is -2.40. The molecule has 1 amide bonds. The van der Waals surface area contributed by atoms with E-state index < -0.39 is 0 Å². The Morgan fingerprint density at radius 2 is 1.86 bits per heavy atom. The Bertz CT molecular complexity index is 939. The number of aryl methyl sites for hydroxylation is 2. The average Bonchev–Trinajstić information content (AvgIpc) is 2.69. The number of benzene rings is 1. The van der Waals surface area contributed by atoms with Crippen LogP contribution in [-0.2, 0) is 12.8 Å². The molecule has 1 aromatic carbocycles. The highest BCUT2D eigenvalue weighted by atomic mass is 16.3. The number of carbonyl (C=O) groups is 1. The zero-order chi connectivity index (χ0) is 19.7. The molecule has 1 saturated carbocycles. The van der Waals surface area contributed by atoms with E-state index in [-0.39, 0.29) is 29.2 Å². The number of aliphatic hydroxyl groups excluding tert-OH is 1. The largest absolute Gasteiger partial charge is 0.393 e. The maximum absolute atomic E-state index is 13.1. The van der Waals surface area contributed by atoms with Gasteiger partial charge >= 0.3 is 0 Å². The second kappa shape index (κ2) is 7.92. The molecule has 0 saturated heterocycles. The van der Waals surface area contributed by atoms with E-state index in [4.69, 9.17) is 0 Å². The summed E-state index contributed by atoms with van der Waals surface area (Å²) in [5.74, 6) is -0.327. The van der Waals surface area contributed by atoms with E-state index in [0.717, 1.165) is 37.8 Å². The third-order valence-corrected chi connectivity index (χ3v) is 6.26. The maximum Gasteiger partial charge on any atom is 0.263 e. The molecule has 5 heteroatoms. The minimum Gasteiger partial charge on any atom is -0.393 e. The minimum absolute atomic E-state index is 0.0486. The van der Waals surface area contributed by atoms with Crippen molar-refractivity contribution < 1.29 is 9.90 Å². The van der Waals surface area contributed by atoms with Crippen LogP contribution in [0.5, 0.6) is 0 Å². The molecule has 4 rings (SSSR count). The summed E-state index contributed by atoms with van der Waals surface area (Å²) >= 11 is 0. The molecule has 0 atom stereocenters. The fourth-order valence-electron chi connectivity index (χ4n) is 4.62. The van der Waals surface area contributed by atoms with E-state index in [1.54, 1.807) is 10.8 Å². The number of hydrogen-bond donors (Lipinski definition) is 2. The molecule has 28 heavy (non-hydrogen) atoms. The molecule has 148 valence electrons. The highest BCUT2D eigenvalue weighted by molar-refractivity contribution is 6.05. The van der Waals surface area contributed by atoms with Crippen LogP contribution in [0, 0.1) is 6.92 Å². The van der Waals surface area contributed by atoms with Gasteiger partial charge in [-0.2, -0.15) is 0 Å². The van der Waals surface area contributed by atoms with Gasteiger partial charge in [-0.05, 0) is 87.1 Å². The highest BCUT2D eigenvalue weighted by Gasteiger charge is 2.25. The highest BCUT2D eigenvalue weighted by Crippen LogP contribution is 2.29. The summed E-state index contributed by atoms with van der Waals surface area (Å²) in [7, 11) is 0. The van der Waals surface area contributed by atoms with Gasteiger partial charge in [0.25, 0.3) is 11.5 Å². The van der Waals surface area contributed by atoms with Gasteiger partial charge in [0.1, 0.15) is 5.56 Å². The number of nitrogens with zero attached hydrogens (tertiary/aromatic N) is 1. The first-order valence-electron chi connectivity index (χ1n) is 10.4. The second-order valence-electron chi connectivity index (χ2n) is 8.15. The molecule has 5 nitrogen and oxygen atoms in total. The van der Waals surface area contributed by atoms with Gasteiger partial charge < -0.3 is 15.0 Å². The molecule has 1 aromatic heterocycles. The number of pyridine rings is 1. The van der Waals surface area contributed by atoms with E-state index >= 15 is 0 Å². The molecule has 0 aliphatic heterocycles. The lowest BCUT2D eigenvalue weighted by molar-refractivity contribution is 0.101. The standard InChI is InChI=1S/C23H28N2O3/c1-15-13-14-25(17-9-11-18(26)12-10-17)23(28)21(15)22(27)24-20-8-4-6-16-5-2-3-7-19(16)20/h4,6,8,13-14,17-18,26H,2-3,5,7,9-12H2,1H3,(H,24,27). The van der Waals surface area contributed by atoms with Gasteiger partial charge in [-0.1, -0.05) is 12.1 Å². The van der Waals surface area contributed by atoms with E-state index in [2.05, 4.69) is 11.4 Å². The quantitative estimate of drug-likeness (QED) is 0.852. The lowest BCUT2D eigenvalue weighted by Crippen LogP contribution is -2.34. The molecule has 0 radical (unpaired) electrons. The van der Waals surface area contributed by atoms with E-state index in [0.29, 0.717) is 18.4 Å². The summed E-state index contributed by atoms with van der Waals surface area (Å²) in [5.41, 5.74) is 4.02. The fourth-order valence-corrected chi connectivity index (χ4v) is 4.62. The molecular weight excluding hydrogens is 352 g/mol. The summed E-state index contributed by atoms with van der Waals surface area (Å²) in [5, 5.41) is 12.8. The molecule has 2 aliphatic rings. The summed E-state index contributed by atoms with van der Waals surface area (Å²) in [6.07, 6.45) is 8.76. The normalized spacial score (nSPS) is 21.8. The Labute approximate surface area is 165 Å². The van der Waals surface area contributed by atoms with Crippen molar-refractivity contribution in [2.45, 2.75) is 70.4 Å². The molecule has 0 bridgehead atoms. The van der Waals surface area contributed by atoms with Gasteiger partial charge in [-0.15, -0.1) is 0 Å². The molecule has 2 aromatic rings. The van der Waals surface area contributed by atoms with E-state index in [1.165, 1.54) is 17.5 Å².